The maximum Gasteiger partial charge on any atom is 0.273 e. The van der Waals surface area contributed by atoms with Crippen LogP contribution < -0.4 is 5.32 Å². The molecular formula is C24H31N3O5. The molecule has 0 saturated carbocycles. The van der Waals surface area contributed by atoms with E-state index < -0.39 is 0 Å². The monoisotopic (exact) mass is 441 g/mol. The topological polar surface area (TPSA) is 93.9 Å². The summed E-state index contributed by atoms with van der Waals surface area (Å²) in [5, 5.41) is 2.84. The van der Waals surface area contributed by atoms with Crippen LogP contribution in [0.2, 0.25) is 0 Å². The average Bonchev–Trinajstić information content (AvgIpc) is 3.59. The molecule has 2 aliphatic heterocycles. The van der Waals surface area contributed by atoms with Crippen molar-refractivity contribution >= 4 is 11.8 Å². The first-order valence-corrected chi connectivity index (χ1v) is 11.4. The number of carbonyl (C=O) groups is 2. The van der Waals surface area contributed by atoms with Gasteiger partial charge >= 0.3 is 0 Å². The number of aromatic nitrogens is 1. The van der Waals surface area contributed by atoms with Crippen LogP contribution in [0, 0.1) is 0 Å². The van der Waals surface area contributed by atoms with E-state index in [4.69, 9.17) is 13.9 Å². The molecule has 2 aromatic rings. The molecule has 2 fully saturated rings. The minimum absolute atomic E-state index is 0.0203. The maximum atomic E-state index is 13.0. The van der Waals surface area contributed by atoms with Crippen molar-refractivity contribution in [2.45, 2.75) is 57.3 Å². The Morgan fingerprint density at radius 2 is 1.81 bits per heavy atom. The van der Waals surface area contributed by atoms with Gasteiger partial charge in [0.25, 0.3) is 5.91 Å². The molecule has 2 unspecified atom stereocenters. The lowest BCUT2D eigenvalue weighted by molar-refractivity contribution is -0.133. The van der Waals surface area contributed by atoms with E-state index in [0.717, 1.165) is 44.5 Å². The van der Waals surface area contributed by atoms with E-state index in [1.165, 1.54) is 6.26 Å². The third-order valence-electron chi connectivity index (χ3n) is 5.90. The van der Waals surface area contributed by atoms with Crippen molar-refractivity contribution in [3.8, 4) is 0 Å². The van der Waals surface area contributed by atoms with Crippen molar-refractivity contribution < 1.29 is 23.5 Å². The highest BCUT2D eigenvalue weighted by molar-refractivity contribution is 5.91. The summed E-state index contributed by atoms with van der Waals surface area (Å²) in [5.41, 5.74) is 1.34. The van der Waals surface area contributed by atoms with E-state index in [9.17, 15) is 9.59 Å². The molecule has 0 aliphatic carbocycles. The number of aryl methyl sites for hydroxylation is 1. The van der Waals surface area contributed by atoms with Crippen molar-refractivity contribution in [2.75, 3.05) is 26.3 Å². The standard InChI is InChI=1S/C24H31N3O5/c28-23(11-10-18-6-2-1-3-7-18)27(15-20-9-5-13-31-20)16-22-26-21(17-32-22)24(29)25-14-19-8-4-12-30-19/h1-3,6-7,17,19-20H,4-5,8-16H2,(H,25,29). The number of nitrogens with zero attached hydrogens (tertiary/aromatic N) is 2. The summed E-state index contributed by atoms with van der Waals surface area (Å²) in [4.78, 5) is 31.4. The highest BCUT2D eigenvalue weighted by Gasteiger charge is 2.25. The quantitative estimate of drug-likeness (QED) is 0.609. The van der Waals surface area contributed by atoms with Crippen molar-refractivity contribution in [2.24, 2.45) is 0 Å². The van der Waals surface area contributed by atoms with Crippen molar-refractivity contribution in [3.63, 3.8) is 0 Å². The summed E-state index contributed by atoms with van der Waals surface area (Å²) in [5.74, 6) is 0.0711. The van der Waals surface area contributed by atoms with Gasteiger partial charge in [0.1, 0.15) is 6.26 Å². The Hall–Kier alpha value is -2.71. The first-order valence-electron chi connectivity index (χ1n) is 11.4. The minimum atomic E-state index is -0.295. The number of amides is 2. The van der Waals surface area contributed by atoms with Gasteiger partial charge < -0.3 is 24.1 Å². The second-order valence-corrected chi connectivity index (χ2v) is 8.37. The maximum absolute atomic E-state index is 13.0. The van der Waals surface area contributed by atoms with Gasteiger partial charge in [-0.2, -0.15) is 0 Å². The number of ether oxygens (including phenoxy) is 2. The number of benzene rings is 1. The fraction of sp³-hybridized carbons (Fsp3) is 0.542. The van der Waals surface area contributed by atoms with Gasteiger partial charge in [-0.05, 0) is 37.7 Å². The van der Waals surface area contributed by atoms with E-state index in [-0.39, 0.29) is 36.3 Å². The number of hydrogen-bond donors (Lipinski definition) is 1. The second kappa shape index (κ2) is 11.2. The van der Waals surface area contributed by atoms with Gasteiger partial charge in [0.2, 0.25) is 11.8 Å². The second-order valence-electron chi connectivity index (χ2n) is 8.37. The van der Waals surface area contributed by atoms with Crippen LogP contribution in [0.4, 0.5) is 0 Å². The van der Waals surface area contributed by atoms with Crippen LogP contribution in [-0.2, 0) is 27.2 Å². The van der Waals surface area contributed by atoms with Gasteiger partial charge in [-0.15, -0.1) is 0 Å². The Balaban J connectivity index is 1.34. The molecule has 0 spiro atoms. The first kappa shape index (κ1) is 22.5. The van der Waals surface area contributed by atoms with Crippen LogP contribution in [0.1, 0.15) is 54.0 Å². The highest BCUT2D eigenvalue weighted by Crippen LogP contribution is 2.17. The number of hydrogen-bond acceptors (Lipinski definition) is 6. The summed E-state index contributed by atoms with van der Waals surface area (Å²) in [7, 11) is 0. The molecule has 2 saturated heterocycles. The number of rotatable bonds is 10. The van der Waals surface area contributed by atoms with E-state index in [1.54, 1.807) is 4.90 Å². The largest absolute Gasteiger partial charge is 0.446 e. The Morgan fingerprint density at radius 3 is 2.53 bits per heavy atom. The lowest BCUT2D eigenvalue weighted by Crippen LogP contribution is -2.37. The van der Waals surface area contributed by atoms with Gasteiger partial charge in [0, 0.05) is 32.7 Å². The zero-order valence-electron chi connectivity index (χ0n) is 18.3. The van der Waals surface area contributed by atoms with E-state index in [1.807, 2.05) is 30.3 Å². The zero-order chi connectivity index (χ0) is 22.2. The number of oxazole rings is 1. The molecule has 4 rings (SSSR count). The van der Waals surface area contributed by atoms with Crippen LogP contribution in [-0.4, -0.2) is 60.2 Å². The third-order valence-corrected chi connectivity index (χ3v) is 5.90. The van der Waals surface area contributed by atoms with Crippen molar-refractivity contribution in [1.29, 1.82) is 0 Å². The predicted octanol–water partition coefficient (Wildman–Crippen LogP) is 2.72. The lowest BCUT2D eigenvalue weighted by atomic mass is 10.1. The summed E-state index contributed by atoms with van der Waals surface area (Å²) >= 11 is 0. The highest BCUT2D eigenvalue weighted by atomic mass is 16.5. The molecule has 1 aromatic heterocycles. The molecule has 8 heteroatoms. The molecule has 172 valence electrons. The minimum Gasteiger partial charge on any atom is -0.446 e. The van der Waals surface area contributed by atoms with Gasteiger partial charge in [-0.1, -0.05) is 30.3 Å². The Bertz CT molecular complexity index is 873. The molecule has 32 heavy (non-hydrogen) atoms. The molecule has 8 nitrogen and oxygen atoms in total. The number of nitrogens with one attached hydrogen (secondary N) is 1. The molecule has 2 amide bonds. The summed E-state index contributed by atoms with van der Waals surface area (Å²) in [6.07, 6.45) is 6.42. The summed E-state index contributed by atoms with van der Waals surface area (Å²) in [6, 6.07) is 9.96. The molecule has 0 radical (unpaired) electrons. The number of carbonyl (C=O) groups excluding carboxylic acids is 2. The van der Waals surface area contributed by atoms with E-state index in [2.05, 4.69) is 10.3 Å². The summed E-state index contributed by atoms with van der Waals surface area (Å²) < 4.78 is 16.8. The fourth-order valence-electron chi connectivity index (χ4n) is 4.10. The van der Waals surface area contributed by atoms with Gasteiger partial charge in [-0.25, -0.2) is 4.98 Å². The molecule has 2 aliphatic rings. The smallest absolute Gasteiger partial charge is 0.273 e. The van der Waals surface area contributed by atoms with Crippen molar-refractivity contribution in [3.05, 3.63) is 53.7 Å². The summed E-state index contributed by atoms with van der Waals surface area (Å²) in [6.45, 7) is 2.64. The van der Waals surface area contributed by atoms with E-state index >= 15 is 0 Å². The first-order chi connectivity index (χ1) is 15.7. The molecule has 3 heterocycles. The molecule has 0 bridgehead atoms. The molecular weight excluding hydrogens is 410 g/mol. The lowest BCUT2D eigenvalue weighted by Gasteiger charge is -2.24. The van der Waals surface area contributed by atoms with Crippen LogP contribution in [0.15, 0.2) is 41.0 Å². The molecule has 1 N–H and O–H groups in total. The fourth-order valence-corrected chi connectivity index (χ4v) is 4.10. The Morgan fingerprint density at radius 1 is 1.06 bits per heavy atom. The predicted molar refractivity (Wildman–Crippen MR) is 117 cm³/mol. The Kier molecular flexibility index (Phi) is 7.90. The molecule has 1 aromatic carbocycles. The van der Waals surface area contributed by atoms with Gasteiger partial charge in [0.05, 0.1) is 18.8 Å². The zero-order valence-corrected chi connectivity index (χ0v) is 18.3. The van der Waals surface area contributed by atoms with Crippen LogP contribution in [0.5, 0.6) is 0 Å². The van der Waals surface area contributed by atoms with Crippen LogP contribution in [0.3, 0.4) is 0 Å². The average molecular weight is 442 g/mol. The van der Waals surface area contributed by atoms with Crippen LogP contribution in [0.25, 0.3) is 0 Å². The van der Waals surface area contributed by atoms with Gasteiger partial charge in [-0.3, -0.25) is 9.59 Å². The van der Waals surface area contributed by atoms with Gasteiger partial charge in [0.15, 0.2) is 5.69 Å². The third kappa shape index (κ3) is 6.40. The molecule has 2 atom stereocenters. The SMILES string of the molecule is O=C(NCC1CCCO1)c1coc(CN(CC2CCCO2)C(=O)CCc2ccccc2)n1. The van der Waals surface area contributed by atoms with Crippen molar-refractivity contribution in [1.82, 2.24) is 15.2 Å². The Labute approximate surface area is 188 Å². The van der Waals surface area contributed by atoms with E-state index in [0.29, 0.717) is 31.8 Å². The normalized spacial score (nSPS) is 20.4. The van der Waals surface area contributed by atoms with Crippen LogP contribution >= 0.6 is 0 Å².